The number of carboxylic acid groups (broad SMARTS) is 1. The van der Waals surface area contributed by atoms with Gasteiger partial charge in [0.2, 0.25) is 5.76 Å². The van der Waals surface area contributed by atoms with E-state index in [1.807, 2.05) is 6.07 Å². The summed E-state index contributed by atoms with van der Waals surface area (Å²) in [5.74, 6) is -0.585. The third-order valence-electron chi connectivity index (χ3n) is 2.22. The van der Waals surface area contributed by atoms with Gasteiger partial charge in [0.15, 0.2) is 0 Å². The van der Waals surface area contributed by atoms with Crippen LogP contribution in [0.2, 0.25) is 5.02 Å². The van der Waals surface area contributed by atoms with E-state index in [0.717, 1.165) is 5.56 Å². The second kappa shape index (κ2) is 4.02. The van der Waals surface area contributed by atoms with Gasteiger partial charge in [0, 0.05) is 16.1 Å². The van der Waals surface area contributed by atoms with E-state index in [9.17, 15) is 4.79 Å². The number of hydrogen-bond donors (Lipinski definition) is 1. The maximum atomic E-state index is 10.8. The minimum atomic E-state index is -1.06. The first-order chi connectivity index (χ1) is 7.58. The van der Waals surface area contributed by atoms with E-state index in [-0.39, 0.29) is 5.76 Å². The van der Waals surface area contributed by atoms with E-state index in [1.165, 1.54) is 0 Å². The molecule has 2 aromatic rings. The molecule has 3 nitrogen and oxygen atoms in total. The highest BCUT2D eigenvalue weighted by Gasteiger charge is 2.15. The van der Waals surface area contributed by atoms with Crippen molar-refractivity contribution in [3.8, 4) is 11.3 Å². The van der Waals surface area contributed by atoms with Gasteiger partial charge in [-0.1, -0.05) is 23.7 Å². The average molecular weight is 237 g/mol. The van der Waals surface area contributed by atoms with Crippen molar-refractivity contribution < 1.29 is 14.3 Å². The molecule has 1 N–H and O–H groups in total. The number of benzene rings is 1. The lowest BCUT2D eigenvalue weighted by atomic mass is 10.1. The lowest BCUT2D eigenvalue weighted by Crippen LogP contribution is -1.94. The van der Waals surface area contributed by atoms with Crippen LogP contribution < -0.4 is 0 Å². The van der Waals surface area contributed by atoms with E-state index in [2.05, 4.69) is 0 Å². The van der Waals surface area contributed by atoms with Gasteiger partial charge in [-0.25, -0.2) is 4.79 Å². The van der Waals surface area contributed by atoms with Crippen molar-refractivity contribution in [1.29, 1.82) is 0 Å². The van der Waals surface area contributed by atoms with Crippen molar-refractivity contribution in [2.75, 3.05) is 0 Å². The van der Waals surface area contributed by atoms with Gasteiger partial charge >= 0.3 is 5.97 Å². The Morgan fingerprint density at radius 2 is 2.12 bits per heavy atom. The summed E-state index contributed by atoms with van der Waals surface area (Å²) >= 11 is 5.85. The Hall–Kier alpha value is -1.74. The maximum absolute atomic E-state index is 10.8. The summed E-state index contributed by atoms with van der Waals surface area (Å²) in [5.41, 5.74) is 1.37. The molecule has 0 fully saturated rings. The molecule has 0 aliphatic heterocycles. The third-order valence-corrected chi connectivity index (χ3v) is 2.46. The summed E-state index contributed by atoms with van der Waals surface area (Å²) in [6.45, 7) is 1.70. The first-order valence-corrected chi connectivity index (χ1v) is 5.05. The predicted octanol–water partition coefficient (Wildman–Crippen LogP) is 3.61. The van der Waals surface area contributed by atoms with Crippen LogP contribution in [0.1, 0.15) is 16.1 Å². The summed E-state index contributed by atoms with van der Waals surface area (Å²) < 4.78 is 5.26. The molecular weight excluding hydrogens is 228 g/mol. The molecule has 0 saturated carbocycles. The molecule has 4 heteroatoms. The van der Waals surface area contributed by atoms with Crippen LogP contribution in [-0.4, -0.2) is 11.1 Å². The zero-order chi connectivity index (χ0) is 11.7. The molecule has 1 heterocycles. The molecule has 1 aromatic carbocycles. The van der Waals surface area contributed by atoms with Crippen molar-refractivity contribution in [2.45, 2.75) is 6.92 Å². The first-order valence-electron chi connectivity index (χ1n) is 4.67. The summed E-state index contributed by atoms with van der Waals surface area (Å²) in [6, 6.07) is 8.77. The van der Waals surface area contributed by atoms with Crippen molar-refractivity contribution in [3.05, 3.63) is 46.7 Å². The van der Waals surface area contributed by atoms with Gasteiger partial charge in [-0.3, -0.25) is 0 Å². The van der Waals surface area contributed by atoms with Gasteiger partial charge in [-0.2, -0.15) is 0 Å². The Labute approximate surface area is 97.3 Å². The molecule has 1 aromatic heterocycles. The number of aryl methyl sites for hydroxylation is 1. The second-order valence-electron chi connectivity index (χ2n) is 3.44. The monoisotopic (exact) mass is 236 g/mol. The molecule has 0 aliphatic rings. The number of carboxylic acids is 1. The average Bonchev–Trinajstić information content (AvgIpc) is 2.60. The first kappa shape index (κ1) is 10.8. The maximum Gasteiger partial charge on any atom is 0.372 e. The topological polar surface area (TPSA) is 50.4 Å². The molecule has 0 atom stereocenters. The molecule has 82 valence electrons. The Morgan fingerprint density at radius 1 is 1.38 bits per heavy atom. The lowest BCUT2D eigenvalue weighted by Gasteiger charge is -1.96. The van der Waals surface area contributed by atoms with E-state index in [1.54, 1.807) is 31.2 Å². The minimum Gasteiger partial charge on any atom is -0.475 e. The largest absolute Gasteiger partial charge is 0.475 e. The quantitative estimate of drug-likeness (QED) is 0.867. The number of hydrogen-bond acceptors (Lipinski definition) is 2. The molecule has 2 rings (SSSR count). The molecule has 0 aliphatic carbocycles. The van der Waals surface area contributed by atoms with Crippen LogP contribution >= 0.6 is 11.6 Å². The van der Waals surface area contributed by atoms with Crippen LogP contribution in [0, 0.1) is 6.92 Å². The fourth-order valence-corrected chi connectivity index (χ4v) is 1.67. The second-order valence-corrected chi connectivity index (χ2v) is 3.87. The number of carbonyl (C=O) groups is 1. The van der Waals surface area contributed by atoms with Gasteiger partial charge in [0.1, 0.15) is 5.76 Å². The molecule has 0 unspecified atom stereocenters. The van der Waals surface area contributed by atoms with Gasteiger partial charge in [0.05, 0.1) is 0 Å². The summed E-state index contributed by atoms with van der Waals surface area (Å²) in [4.78, 5) is 10.8. The highest BCUT2D eigenvalue weighted by molar-refractivity contribution is 6.30. The van der Waals surface area contributed by atoms with Crippen LogP contribution in [0.25, 0.3) is 11.3 Å². The lowest BCUT2D eigenvalue weighted by molar-refractivity contribution is 0.0662. The molecule has 0 bridgehead atoms. The Morgan fingerprint density at radius 3 is 2.69 bits per heavy atom. The zero-order valence-electron chi connectivity index (χ0n) is 8.53. The molecular formula is C12H9ClO3. The molecule has 0 amide bonds. The van der Waals surface area contributed by atoms with Crippen molar-refractivity contribution in [3.63, 3.8) is 0 Å². The summed E-state index contributed by atoms with van der Waals surface area (Å²) in [5, 5.41) is 9.45. The van der Waals surface area contributed by atoms with Crippen LogP contribution in [0.15, 0.2) is 34.7 Å². The summed E-state index contributed by atoms with van der Waals surface area (Å²) in [7, 11) is 0. The normalized spacial score (nSPS) is 10.4. The predicted molar refractivity (Wildman–Crippen MR) is 60.9 cm³/mol. The van der Waals surface area contributed by atoms with Crippen molar-refractivity contribution in [2.24, 2.45) is 0 Å². The highest BCUT2D eigenvalue weighted by Crippen LogP contribution is 2.27. The number of aromatic carboxylic acids is 1. The number of furan rings is 1. The van der Waals surface area contributed by atoms with Gasteiger partial charge < -0.3 is 9.52 Å². The Bertz CT molecular complexity index is 543. The van der Waals surface area contributed by atoms with Crippen LogP contribution in [0.3, 0.4) is 0 Å². The highest BCUT2D eigenvalue weighted by atomic mass is 35.5. The Kier molecular flexibility index (Phi) is 2.71. The van der Waals surface area contributed by atoms with Crippen molar-refractivity contribution in [1.82, 2.24) is 0 Å². The van der Waals surface area contributed by atoms with Gasteiger partial charge in [0.25, 0.3) is 0 Å². The molecule has 0 radical (unpaired) electrons. The molecule has 0 spiro atoms. The van der Waals surface area contributed by atoms with E-state index < -0.39 is 5.97 Å². The standard InChI is InChI=1S/C12H9ClO3/c1-7-5-10(16-11(7)12(14)15)8-3-2-4-9(13)6-8/h2-6H,1H3,(H,14,15). The Balaban J connectivity index is 2.49. The van der Waals surface area contributed by atoms with E-state index in [4.69, 9.17) is 21.1 Å². The molecule has 0 saturated heterocycles. The SMILES string of the molecule is Cc1cc(-c2cccc(Cl)c2)oc1C(=O)O. The van der Waals surface area contributed by atoms with Crippen LogP contribution in [-0.2, 0) is 0 Å². The zero-order valence-corrected chi connectivity index (χ0v) is 9.28. The third kappa shape index (κ3) is 1.95. The fourth-order valence-electron chi connectivity index (χ4n) is 1.48. The van der Waals surface area contributed by atoms with E-state index in [0.29, 0.717) is 16.3 Å². The van der Waals surface area contributed by atoms with E-state index >= 15 is 0 Å². The van der Waals surface area contributed by atoms with Gasteiger partial charge in [-0.05, 0) is 25.1 Å². The van der Waals surface area contributed by atoms with Crippen LogP contribution in [0.4, 0.5) is 0 Å². The molecule has 16 heavy (non-hydrogen) atoms. The van der Waals surface area contributed by atoms with Crippen LogP contribution in [0.5, 0.6) is 0 Å². The smallest absolute Gasteiger partial charge is 0.372 e. The van der Waals surface area contributed by atoms with Crippen molar-refractivity contribution >= 4 is 17.6 Å². The summed E-state index contributed by atoms with van der Waals surface area (Å²) in [6.07, 6.45) is 0. The number of halogens is 1. The minimum absolute atomic E-state index is 0.0324. The van der Waals surface area contributed by atoms with Gasteiger partial charge in [-0.15, -0.1) is 0 Å². The number of rotatable bonds is 2. The fraction of sp³-hybridized carbons (Fsp3) is 0.0833.